The molecule has 1 rings (SSSR count). The quantitative estimate of drug-likeness (QED) is 0.817. The van der Waals surface area contributed by atoms with Crippen LogP contribution in [-0.2, 0) is 4.79 Å². The summed E-state index contributed by atoms with van der Waals surface area (Å²) in [5, 5.41) is 12.0. The van der Waals surface area contributed by atoms with E-state index in [0.29, 0.717) is 29.5 Å². The standard InChI is InChI=1S/C16H20ClNO2/c1-3-12(2)10-16(20)18-15-11-13(6-4-5-9-19)7-8-14(15)17/h7-8,11-12,19H,3,5,9-10H2,1-2H3,(H,18,20). The molecule has 108 valence electrons. The van der Waals surface area contributed by atoms with Crippen LogP contribution < -0.4 is 5.32 Å². The normalized spacial score (nSPS) is 11.4. The van der Waals surface area contributed by atoms with Gasteiger partial charge in [0.15, 0.2) is 0 Å². The average molecular weight is 294 g/mol. The molecule has 0 radical (unpaired) electrons. The number of hydrogen-bond donors (Lipinski definition) is 2. The van der Waals surface area contributed by atoms with E-state index in [-0.39, 0.29) is 12.5 Å². The highest BCUT2D eigenvalue weighted by Gasteiger charge is 2.09. The van der Waals surface area contributed by atoms with Crippen LogP contribution in [-0.4, -0.2) is 17.6 Å². The van der Waals surface area contributed by atoms with E-state index in [4.69, 9.17) is 16.7 Å². The zero-order chi connectivity index (χ0) is 15.0. The highest BCUT2D eigenvalue weighted by Crippen LogP contribution is 2.23. The maximum atomic E-state index is 11.9. The fraction of sp³-hybridized carbons (Fsp3) is 0.438. The molecule has 1 aromatic carbocycles. The first-order chi connectivity index (χ1) is 9.56. The summed E-state index contributed by atoms with van der Waals surface area (Å²) in [6.07, 6.45) is 1.87. The third-order valence-corrected chi connectivity index (χ3v) is 3.27. The molecule has 1 unspecified atom stereocenters. The molecule has 0 aliphatic heterocycles. The summed E-state index contributed by atoms with van der Waals surface area (Å²) in [6, 6.07) is 5.25. The Balaban J connectivity index is 2.77. The summed E-state index contributed by atoms with van der Waals surface area (Å²) >= 11 is 6.07. The SMILES string of the molecule is CCC(C)CC(=O)Nc1cc(C#CCCO)ccc1Cl. The largest absolute Gasteiger partial charge is 0.395 e. The van der Waals surface area contributed by atoms with Gasteiger partial charge in [0.25, 0.3) is 0 Å². The van der Waals surface area contributed by atoms with Crippen LogP contribution in [0.3, 0.4) is 0 Å². The van der Waals surface area contributed by atoms with E-state index in [1.165, 1.54) is 0 Å². The highest BCUT2D eigenvalue weighted by molar-refractivity contribution is 6.33. The van der Waals surface area contributed by atoms with Crippen LogP contribution in [0.1, 0.15) is 38.7 Å². The molecule has 0 aliphatic rings. The molecule has 0 heterocycles. The van der Waals surface area contributed by atoms with E-state index in [2.05, 4.69) is 24.1 Å². The fourth-order valence-corrected chi connectivity index (χ4v) is 1.75. The number of halogens is 1. The van der Waals surface area contributed by atoms with Gasteiger partial charge in [-0.2, -0.15) is 0 Å². The Labute approximate surface area is 125 Å². The minimum Gasteiger partial charge on any atom is -0.395 e. The number of aliphatic hydroxyl groups is 1. The van der Waals surface area contributed by atoms with Crippen molar-refractivity contribution in [3.63, 3.8) is 0 Å². The van der Waals surface area contributed by atoms with E-state index in [0.717, 1.165) is 12.0 Å². The van der Waals surface area contributed by atoms with Gasteiger partial charge in [-0.05, 0) is 24.1 Å². The van der Waals surface area contributed by atoms with Crippen LogP contribution in [0.5, 0.6) is 0 Å². The number of carbonyl (C=O) groups is 1. The number of amides is 1. The number of benzene rings is 1. The lowest BCUT2D eigenvalue weighted by atomic mass is 10.0. The number of aliphatic hydroxyl groups excluding tert-OH is 1. The fourth-order valence-electron chi connectivity index (χ4n) is 1.58. The number of hydrogen-bond acceptors (Lipinski definition) is 2. The van der Waals surface area contributed by atoms with Crippen LogP contribution in [0, 0.1) is 17.8 Å². The second kappa shape index (κ2) is 8.63. The van der Waals surface area contributed by atoms with Crippen molar-refractivity contribution >= 4 is 23.2 Å². The molecular formula is C16H20ClNO2. The summed E-state index contributed by atoms with van der Waals surface area (Å²) in [4.78, 5) is 11.9. The Morgan fingerprint density at radius 2 is 2.25 bits per heavy atom. The Kier molecular flexibility index (Phi) is 7.14. The first kappa shape index (κ1) is 16.6. The number of nitrogens with one attached hydrogen (secondary N) is 1. The topological polar surface area (TPSA) is 49.3 Å². The van der Waals surface area contributed by atoms with Gasteiger partial charge in [0, 0.05) is 18.4 Å². The summed E-state index contributed by atoms with van der Waals surface area (Å²) in [7, 11) is 0. The van der Waals surface area contributed by atoms with Crippen molar-refractivity contribution < 1.29 is 9.90 Å². The molecule has 3 nitrogen and oxygen atoms in total. The molecule has 1 atom stereocenters. The van der Waals surface area contributed by atoms with Gasteiger partial charge in [-0.15, -0.1) is 0 Å². The van der Waals surface area contributed by atoms with Gasteiger partial charge >= 0.3 is 0 Å². The first-order valence-corrected chi connectivity index (χ1v) is 7.13. The molecule has 4 heteroatoms. The molecule has 1 aromatic rings. The summed E-state index contributed by atoms with van der Waals surface area (Å²) in [5.41, 5.74) is 1.34. The summed E-state index contributed by atoms with van der Waals surface area (Å²) < 4.78 is 0. The van der Waals surface area contributed by atoms with Gasteiger partial charge < -0.3 is 10.4 Å². The minimum atomic E-state index is -0.0401. The van der Waals surface area contributed by atoms with Crippen molar-refractivity contribution in [2.24, 2.45) is 5.92 Å². The lowest BCUT2D eigenvalue weighted by molar-refractivity contribution is -0.117. The molecule has 0 bridgehead atoms. The predicted octanol–water partition coefficient (Wildman–Crippen LogP) is 3.45. The van der Waals surface area contributed by atoms with E-state index in [1.807, 2.05) is 6.92 Å². The van der Waals surface area contributed by atoms with Crippen molar-refractivity contribution in [3.05, 3.63) is 28.8 Å². The molecule has 1 amide bonds. The van der Waals surface area contributed by atoms with Crippen LogP contribution in [0.25, 0.3) is 0 Å². The van der Waals surface area contributed by atoms with E-state index in [1.54, 1.807) is 18.2 Å². The van der Waals surface area contributed by atoms with Crippen LogP contribution >= 0.6 is 11.6 Å². The van der Waals surface area contributed by atoms with E-state index >= 15 is 0 Å². The van der Waals surface area contributed by atoms with E-state index in [9.17, 15) is 4.79 Å². The van der Waals surface area contributed by atoms with Crippen LogP contribution in [0.15, 0.2) is 18.2 Å². The lowest BCUT2D eigenvalue weighted by Crippen LogP contribution is -2.15. The molecule has 0 aromatic heterocycles. The Bertz CT molecular complexity index is 517. The van der Waals surface area contributed by atoms with Crippen LogP contribution in [0.2, 0.25) is 5.02 Å². The van der Waals surface area contributed by atoms with Gasteiger partial charge in [-0.1, -0.05) is 43.7 Å². The Morgan fingerprint density at radius 1 is 1.50 bits per heavy atom. The second-order valence-corrected chi connectivity index (χ2v) is 5.14. The van der Waals surface area contributed by atoms with Gasteiger partial charge in [-0.25, -0.2) is 0 Å². The Morgan fingerprint density at radius 3 is 2.90 bits per heavy atom. The van der Waals surface area contributed by atoms with Crippen molar-refractivity contribution in [2.45, 2.75) is 33.1 Å². The van der Waals surface area contributed by atoms with Gasteiger partial charge in [0.05, 0.1) is 17.3 Å². The summed E-state index contributed by atoms with van der Waals surface area (Å²) in [5.74, 6) is 6.06. The monoisotopic (exact) mass is 293 g/mol. The summed E-state index contributed by atoms with van der Waals surface area (Å²) in [6.45, 7) is 4.14. The molecule has 0 spiro atoms. The van der Waals surface area contributed by atoms with Crippen molar-refractivity contribution in [2.75, 3.05) is 11.9 Å². The zero-order valence-electron chi connectivity index (χ0n) is 11.9. The third kappa shape index (κ3) is 5.64. The molecular weight excluding hydrogens is 274 g/mol. The number of carbonyl (C=O) groups excluding carboxylic acids is 1. The van der Waals surface area contributed by atoms with Gasteiger partial charge in [0.1, 0.15) is 0 Å². The zero-order valence-corrected chi connectivity index (χ0v) is 12.6. The second-order valence-electron chi connectivity index (χ2n) is 4.74. The van der Waals surface area contributed by atoms with Crippen LogP contribution in [0.4, 0.5) is 5.69 Å². The molecule has 0 aliphatic carbocycles. The molecule has 0 saturated carbocycles. The molecule has 2 N–H and O–H groups in total. The van der Waals surface area contributed by atoms with Gasteiger partial charge in [0.2, 0.25) is 5.91 Å². The smallest absolute Gasteiger partial charge is 0.224 e. The van der Waals surface area contributed by atoms with Gasteiger partial charge in [-0.3, -0.25) is 4.79 Å². The predicted molar refractivity (Wildman–Crippen MR) is 82.7 cm³/mol. The number of rotatable bonds is 5. The highest BCUT2D eigenvalue weighted by atomic mass is 35.5. The molecule has 0 fully saturated rings. The van der Waals surface area contributed by atoms with Crippen molar-refractivity contribution in [1.29, 1.82) is 0 Å². The van der Waals surface area contributed by atoms with Crippen molar-refractivity contribution in [3.8, 4) is 11.8 Å². The van der Waals surface area contributed by atoms with E-state index < -0.39 is 0 Å². The Hall–Kier alpha value is -1.50. The molecule has 0 saturated heterocycles. The number of anilines is 1. The third-order valence-electron chi connectivity index (χ3n) is 2.94. The first-order valence-electron chi connectivity index (χ1n) is 6.76. The maximum Gasteiger partial charge on any atom is 0.224 e. The molecule has 20 heavy (non-hydrogen) atoms. The average Bonchev–Trinajstić information content (AvgIpc) is 2.42. The maximum absolute atomic E-state index is 11.9. The lowest BCUT2D eigenvalue weighted by Gasteiger charge is -2.10. The van der Waals surface area contributed by atoms with Crippen molar-refractivity contribution in [1.82, 2.24) is 0 Å². The minimum absolute atomic E-state index is 0.0401.